The van der Waals surface area contributed by atoms with Gasteiger partial charge in [-0.15, -0.1) is 0 Å². The van der Waals surface area contributed by atoms with E-state index in [0.29, 0.717) is 0 Å². The predicted octanol–water partition coefficient (Wildman–Crippen LogP) is 3.80. The maximum absolute atomic E-state index is 13.1. The molecule has 0 saturated carbocycles. The van der Waals surface area contributed by atoms with Gasteiger partial charge in [-0.25, -0.2) is 4.39 Å². The number of ether oxygens (including phenoxy) is 2. The van der Waals surface area contributed by atoms with Crippen molar-refractivity contribution in [3.05, 3.63) is 57.4 Å². The number of hydrogen-bond acceptors (Lipinski definition) is 5. The number of carbonyl (C=O) groups excluding carboxylic acids is 1. The van der Waals surface area contributed by atoms with E-state index in [1.165, 1.54) is 44.4 Å². The lowest BCUT2D eigenvalue weighted by atomic mass is 10.2. The Bertz CT molecular complexity index is 815. The first-order valence-corrected chi connectivity index (χ1v) is 7.44. The van der Waals surface area contributed by atoms with E-state index in [9.17, 15) is 19.3 Å². The molecule has 2 aromatic rings. The van der Waals surface area contributed by atoms with Gasteiger partial charge in [-0.1, -0.05) is 11.6 Å². The van der Waals surface area contributed by atoms with E-state index in [0.717, 1.165) is 6.07 Å². The van der Waals surface area contributed by atoms with Gasteiger partial charge in [-0.3, -0.25) is 14.9 Å². The van der Waals surface area contributed by atoms with Gasteiger partial charge in [-0.2, -0.15) is 0 Å². The molecule has 7 nitrogen and oxygen atoms in total. The van der Waals surface area contributed by atoms with Crippen molar-refractivity contribution >= 4 is 28.9 Å². The number of benzene rings is 2. The van der Waals surface area contributed by atoms with Gasteiger partial charge in [0.2, 0.25) is 0 Å². The minimum atomic E-state index is -0.967. The van der Waals surface area contributed by atoms with E-state index in [1.54, 1.807) is 0 Å². The van der Waals surface area contributed by atoms with Crippen LogP contribution in [0.4, 0.5) is 15.8 Å². The molecule has 1 N–H and O–H groups in total. The molecule has 2 aromatic carbocycles. The van der Waals surface area contributed by atoms with Gasteiger partial charge >= 0.3 is 0 Å². The van der Waals surface area contributed by atoms with Crippen molar-refractivity contribution in [2.75, 3.05) is 12.4 Å². The average molecular weight is 369 g/mol. The van der Waals surface area contributed by atoms with Crippen molar-refractivity contribution in [1.82, 2.24) is 0 Å². The summed E-state index contributed by atoms with van der Waals surface area (Å²) in [6.45, 7) is 1.47. The molecule has 1 atom stereocenters. The van der Waals surface area contributed by atoms with Crippen LogP contribution in [-0.2, 0) is 4.79 Å². The van der Waals surface area contributed by atoms with Crippen molar-refractivity contribution in [2.45, 2.75) is 13.0 Å². The highest BCUT2D eigenvalue weighted by atomic mass is 35.5. The van der Waals surface area contributed by atoms with Crippen molar-refractivity contribution in [3.63, 3.8) is 0 Å². The number of nitrogens with one attached hydrogen (secondary N) is 1. The number of nitro benzene ring substituents is 1. The van der Waals surface area contributed by atoms with Gasteiger partial charge in [0, 0.05) is 18.2 Å². The number of non-ortho nitro benzene ring substituents is 1. The molecular formula is C16H14ClFN2O5. The molecule has 0 aliphatic carbocycles. The van der Waals surface area contributed by atoms with Crippen LogP contribution in [0.15, 0.2) is 36.4 Å². The molecule has 0 fully saturated rings. The van der Waals surface area contributed by atoms with E-state index in [-0.39, 0.29) is 27.9 Å². The standard InChI is InChI=1S/C16H14ClFN2O5/c1-9(25-11-4-5-13(18)12(17)8-11)16(21)19-14-7-10(20(22)23)3-6-15(14)24-2/h3-9H,1-2H3,(H,19,21)/t9-/m0/s1. The Kier molecular flexibility index (Phi) is 5.76. The molecule has 0 aromatic heterocycles. The molecule has 25 heavy (non-hydrogen) atoms. The lowest BCUT2D eigenvalue weighted by molar-refractivity contribution is -0.384. The van der Waals surface area contributed by atoms with Crippen molar-refractivity contribution < 1.29 is 23.6 Å². The largest absolute Gasteiger partial charge is 0.495 e. The lowest BCUT2D eigenvalue weighted by Crippen LogP contribution is -2.30. The highest BCUT2D eigenvalue weighted by molar-refractivity contribution is 6.30. The van der Waals surface area contributed by atoms with Crippen molar-refractivity contribution in [1.29, 1.82) is 0 Å². The van der Waals surface area contributed by atoms with Crippen LogP contribution in [0.25, 0.3) is 0 Å². The highest BCUT2D eigenvalue weighted by Gasteiger charge is 2.19. The zero-order valence-electron chi connectivity index (χ0n) is 13.3. The molecule has 9 heteroatoms. The van der Waals surface area contributed by atoms with Gasteiger partial charge in [-0.05, 0) is 25.1 Å². The quantitative estimate of drug-likeness (QED) is 0.618. The minimum absolute atomic E-state index is 0.134. The summed E-state index contributed by atoms with van der Waals surface area (Å²) in [5, 5.41) is 13.2. The van der Waals surface area contributed by atoms with Gasteiger partial charge < -0.3 is 14.8 Å². The van der Waals surface area contributed by atoms with Gasteiger partial charge in [0.05, 0.1) is 22.7 Å². The zero-order chi connectivity index (χ0) is 18.6. The Morgan fingerprint density at radius 2 is 2.04 bits per heavy atom. The lowest BCUT2D eigenvalue weighted by Gasteiger charge is -2.16. The monoisotopic (exact) mass is 368 g/mol. The Labute approximate surface area is 147 Å². The summed E-state index contributed by atoms with van der Waals surface area (Å²) in [4.78, 5) is 22.5. The molecule has 0 heterocycles. The van der Waals surface area contributed by atoms with Crippen molar-refractivity contribution in [3.8, 4) is 11.5 Å². The molecule has 0 unspecified atom stereocenters. The van der Waals surface area contributed by atoms with Gasteiger partial charge in [0.1, 0.15) is 17.3 Å². The Balaban J connectivity index is 2.13. The zero-order valence-corrected chi connectivity index (χ0v) is 14.0. The van der Waals surface area contributed by atoms with Crippen LogP contribution in [-0.4, -0.2) is 24.0 Å². The molecule has 132 valence electrons. The number of nitrogens with zero attached hydrogens (tertiary/aromatic N) is 1. The summed E-state index contributed by atoms with van der Waals surface area (Å²) in [5.74, 6) is -0.706. The van der Waals surface area contributed by atoms with Crippen LogP contribution in [0, 0.1) is 15.9 Å². The third kappa shape index (κ3) is 4.57. The molecule has 0 aliphatic rings. The van der Waals surface area contributed by atoms with Crippen LogP contribution < -0.4 is 14.8 Å². The summed E-state index contributed by atoms with van der Waals surface area (Å²) >= 11 is 5.66. The number of rotatable bonds is 6. The third-order valence-electron chi connectivity index (χ3n) is 3.22. The fourth-order valence-corrected chi connectivity index (χ4v) is 2.12. The summed E-state index contributed by atoms with van der Waals surface area (Å²) in [7, 11) is 1.37. The maximum atomic E-state index is 13.1. The fraction of sp³-hybridized carbons (Fsp3) is 0.188. The second kappa shape index (κ2) is 7.80. The number of methoxy groups -OCH3 is 1. The maximum Gasteiger partial charge on any atom is 0.271 e. The molecular weight excluding hydrogens is 355 g/mol. The van der Waals surface area contributed by atoms with Crippen LogP contribution in [0.1, 0.15) is 6.92 Å². The van der Waals surface area contributed by atoms with E-state index < -0.39 is 22.8 Å². The smallest absolute Gasteiger partial charge is 0.271 e. The third-order valence-corrected chi connectivity index (χ3v) is 3.51. The summed E-state index contributed by atoms with van der Waals surface area (Å²) in [5.41, 5.74) is -0.0655. The molecule has 1 amide bonds. The first-order chi connectivity index (χ1) is 11.8. The molecule has 0 saturated heterocycles. The molecule has 0 radical (unpaired) electrons. The summed E-state index contributed by atoms with van der Waals surface area (Å²) < 4.78 is 23.6. The van der Waals surface area contributed by atoms with Gasteiger partial charge in [0.25, 0.3) is 11.6 Å². The summed E-state index contributed by atoms with van der Waals surface area (Å²) in [6, 6.07) is 7.51. The predicted molar refractivity (Wildman–Crippen MR) is 89.8 cm³/mol. The Hall–Kier alpha value is -2.87. The first kappa shape index (κ1) is 18.5. The Morgan fingerprint density at radius 3 is 2.64 bits per heavy atom. The summed E-state index contributed by atoms with van der Waals surface area (Å²) in [6.07, 6.45) is -0.967. The van der Waals surface area contributed by atoms with E-state index in [2.05, 4.69) is 5.32 Å². The van der Waals surface area contributed by atoms with Gasteiger partial charge in [0.15, 0.2) is 6.10 Å². The molecule has 0 bridgehead atoms. The average Bonchev–Trinajstić information content (AvgIpc) is 2.57. The van der Waals surface area contributed by atoms with Crippen molar-refractivity contribution in [2.24, 2.45) is 0 Å². The van der Waals surface area contributed by atoms with E-state index in [1.807, 2.05) is 0 Å². The van der Waals surface area contributed by atoms with E-state index in [4.69, 9.17) is 21.1 Å². The Morgan fingerprint density at radius 1 is 1.32 bits per heavy atom. The van der Waals surface area contributed by atoms with Crippen LogP contribution in [0.2, 0.25) is 5.02 Å². The number of hydrogen-bond donors (Lipinski definition) is 1. The second-order valence-corrected chi connectivity index (χ2v) is 5.37. The SMILES string of the molecule is COc1ccc([N+](=O)[O-])cc1NC(=O)[C@H](C)Oc1ccc(F)c(Cl)c1. The molecule has 0 aliphatic heterocycles. The van der Waals surface area contributed by atoms with E-state index >= 15 is 0 Å². The highest BCUT2D eigenvalue weighted by Crippen LogP contribution is 2.29. The second-order valence-electron chi connectivity index (χ2n) is 4.97. The van der Waals surface area contributed by atoms with Crippen LogP contribution >= 0.6 is 11.6 Å². The molecule has 2 rings (SSSR count). The number of carbonyl (C=O) groups is 1. The van der Waals surface area contributed by atoms with Crippen LogP contribution in [0.3, 0.4) is 0 Å². The number of nitro groups is 1. The number of anilines is 1. The van der Waals surface area contributed by atoms with Crippen LogP contribution in [0.5, 0.6) is 11.5 Å². The minimum Gasteiger partial charge on any atom is -0.495 e. The first-order valence-electron chi connectivity index (χ1n) is 7.07. The fourth-order valence-electron chi connectivity index (χ4n) is 1.95. The molecule has 0 spiro atoms. The number of halogens is 2. The number of amides is 1. The topological polar surface area (TPSA) is 90.7 Å². The normalized spacial score (nSPS) is 11.5.